The lowest BCUT2D eigenvalue weighted by atomic mass is 10.1. The molecule has 0 saturated heterocycles. The average molecular weight is 392 g/mol. The third-order valence-corrected chi connectivity index (χ3v) is 3.85. The molecule has 3 N–H and O–H groups in total. The first-order valence-corrected chi connectivity index (χ1v) is 6.96. The number of rotatable bonds is 3. The molecule has 2 aromatic carbocycles. The van der Waals surface area contributed by atoms with Crippen LogP contribution in [0.5, 0.6) is 0 Å². The lowest BCUT2D eigenvalue weighted by Gasteiger charge is -2.14. The van der Waals surface area contributed by atoms with Crippen LogP contribution in [0.15, 0.2) is 45.3 Å². The highest BCUT2D eigenvalue weighted by Crippen LogP contribution is 2.36. The minimum Gasteiger partial charge on any atom is -0.399 e. The number of nitrogen functional groups attached to an aromatic ring is 1. The number of para-hydroxylation sites is 1. The fourth-order valence-corrected chi connectivity index (χ4v) is 2.82. The summed E-state index contributed by atoms with van der Waals surface area (Å²) in [5.41, 5.74) is 6.75. The Bertz CT molecular complexity index is 583. The van der Waals surface area contributed by atoms with Crippen LogP contribution in [-0.4, -0.2) is 0 Å². The summed E-state index contributed by atoms with van der Waals surface area (Å²) >= 11 is 6.75. The van der Waals surface area contributed by atoms with Crippen molar-refractivity contribution in [3.8, 4) is 0 Å². The zero-order valence-electron chi connectivity index (χ0n) is 9.63. The number of nitrogens with two attached hydrogens (primary N) is 1. The highest BCUT2D eigenvalue weighted by atomic mass is 79.9. The van der Waals surface area contributed by atoms with Gasteiger partial charge >= 0.3 is 0 Å². The van der Waals surface area contributed by atoms with Gasteiger partial charge in [0.05, 0.1) is 5.69 Å². The molecular weight excluding hydrogens is 382 g/mol. The van der Waals surface area contributed by atoms with E-state index in [-0.39, 0.29) is 5.56 Å². The molecule has 2 aromatic rings. The number of nitrogens with one attached hydrogen (secondary N) is 1. The summed E-state index contributed by atoms with van der Waals surface area (Å²) in [5, 5.41) is 2.99. The van der Waals surface area contributed by atoms with Crippen molar-refractivity contribution >= 4 is 48.9 Å². The zero-order valence-corrected chi connectivity index (χ0v) is 12.8. The van der Waals surface area contributed by atoms with Crippen LogP contribution in [0.3, 0.4) is 0 Å². The van der Waals surface area contributed by atoms with Crippen LogP contribution in [0.1, 0.15) is 12.0 Å². The molecule has 0 bridgehead atoms. The van der Waals surface area contributed by atoms with Gasteiger partial charge in [-0.1, -0.05) is 6.07 Å². The first-order valence-electron chi connectivity index (χ1n) is 5.37. The van der Waals surface area contributed by atoms with E-state index in [1.54, 1.807) is 12.1 Å². The molecule has 19 heavy (non-hydrogen) atoms. The molecule has 0 fully saturated rings. The second-order valence-electron chi connectivity index (χ2n) is 3.87. The van der Waals surface area contributed by atoms with Crippen LogP contribution >= 0.6 is 31.9 Å². The second kappa shape index (κ2) is 5.88. The first-order chi connectivity index (χ1) is 8.99. The summed E-state index contributed by atoms with van der Waals surface area (Å²) in [5.74, 6) is 0. The molecular formula is C13H10Br2F2N2. The van der Waals surface area contributed by atoms with Crippen molar-refractivity contribution in [2.45, 2.75) is 6.43 Å². The Morgan fingerprint density at radius 2 is 1.68 bits per heavy atom. The molecule has 0 atom stereocenters. The fraction of sp³-hybridized carbons (Fsp3) is 0.0769. The van der Waals surface area contributed by atoms with Crippen molar-refractivity contribution in [3.05, 3.63) is 50.9 Å². The maximum atomic E-state index is 13.0. The van der Waals surface area contributed by atoms with Gasteiger partial charge in [-0.15, -0.1) is 0 Å². The number of hydrogen-bond acceptors (Lipinski definition) is 2. The molecule has 0 aromatic heterocycles. The normalized spacial score (nSPS) is 10.8. The maximum absolute atomic E-state index is 13.0. The minimum absolute atomic E-state index is 0.123. The van der Waals surface area contributed by atoms with Gasteiger partial charge in [0.15, 0.2) is 0 Å². The van der Waals surface area contributed by atoms with Gasteiger partial charge in [0.1, 0.15) is 0 Å². The Labute approximate surface area is 126 Å². The molecule has 0 aliphatic rings. The lowest BCUT2D eigenvalue weighted by Crippen LogP contribution is -1.99. The van der Waals surface area contributed by atoms with E-state index in [0.29, 0.717) is 17.1 Å². The van der Waals surface area contributed by atoms with E-state index in [1.165, 1.54) is 6.07 Å². The highest BCUT2D eigenvalue weighted by molar-refractivity contribution is 9.11. The van der Waals surface area contributed by atoms with Crippen molar-refractivity contribution in [1.29, 1.82) is 0 Å². The molecule has 0 aliphatic heterocycles. The number of hydrogen-bond donors (Lipinski definition) is 2. The third kappa shape index (κ3) is 3.25. The van der Waals surface area contributed by atoms with Gasteiger partial charge in [0.2, 0.25) is 0 Å². The van der Waals surface area contributed by atoms with Gasteiger partial charge in [-0.3, -0.25) is 0 Å². The molecule has 6 heteroatoms. The van der Waals surface area contributed by atoms with Crippen LogP contribution < -0.4 is 11.1 Å². The molecule has 2 rings (SSSR count). The average Bonchev–Trinajstić information content (AvgIpc) is 2.35. The number of anilines is 3. The number of alkyl halides is 2. The molecule has 0 saturated carbocycles. The van der Waals surface area contributed by atoms with Gasteiger partial charge in [0, 0.05) is 25.9 Å². The third-order valence-electron chi connectivity index (χ3n) is 2.53. The van der Waals surface area contributed by atoms with Gasteiger partial charge < -0.3 is 11.1 Å². The van der Waals surface area contributed by atoms with Gasteiger partial charge in [0.25, 0.3) is 6.43 Å². The molecule has 0 heterocycles. The molecule has 0 radical (unpaired) electrons. The van der Waals surface area contributed by atoms with Crippen molar-refractivity contribution in [1.82, 2.24) is 0 Å². The topological polar surface area (TPSA) is 38.0 Å². The summed E-state index contributed by atoms with van der Waals surface area (Å²) in [6.07, 6.45) is -2.59. The van der Waals surface area contributed by atoms with E-state index in [1.807, 2.05) is 18.2 Å². The summed E-state index contributed by atoms with van der Waals surface area (Å²) < 4.78 is 27.5. The second-order valence-corrected chi connectivity index (χ2v) is 5.58. The quantitative estimate of drug-likeness (QED) is 0.680. The predicted octanol–water partition coefficient (Wildman–Crippen LogP) is 5.48. The van der Waals surface area contributed by atoms with Crippen molar-refractivity contribution in [2.75, 3.05) is 11.1 Å². The highest BCUT2D eigenvalue weighted by Gasteiger charge is 2.15. The van der Waals surface area contributed by atoms with Crippen LogP contribution in [0.4, 0.5) is 25.8 Å². The predicted molar refractivity (Wildman–Crippen MR) is 80.9 cm³/mol. The number of benzene rings is 2. The maximum Gasteiger partial charge on any atom is 0.265 e. The summed E-state index contributed by atoms with van der Waals surface area (Å²) in [6, 6.07) is 9.90. The largest absolute Gasteiger partial charge is 0.399 e. The summed E-state index contributed by atoms with van der Waals surface area (Å²) in [7, 11) is 0. The van der Waals surface area contributed by atoms with Crippen molar-refractivity contribution < 1.29 is 8.78 Å². The van der Waals surface area contributed by atoms with E-state index in [2.05, 4.69) is 37.2 Å². The Hall–Kier alpha value is -1.14. The fourth-order valence-electron chi connectivity index (χ4n) is 1.63. The van der Waals surface area contributed by atoms with Gasteiger partial charge in [-0.2, -0.15) is 0 Å². The standard InChI is InChI=1S/C13H10Br2F2N2/c14-9-2-1-3-10(15)12(9)19-11-5-4-7(18)6-8(11)13(16)17/h1-6,13,19H,18H2. The van der Waals surface area contributed by atoms with E-state index in [9.17, 15) is 8.78 Å². The van der Waals surface area contributed by atoms with Crippen molar-refractivity contribution in [2.24, 2.45) is 0 Å². The van der Waals surface area contributed by atoms with E-state index in [0.717, 1.165) is 8.95 Å². The number of halogens is 4. The monoisotopic (exact) mass is 390 g/mol. The van der Waals surface area contributed by atoms with Crippen LogP contribution in [0.2, 0.25) is 0 Å². The van der Waals surface area contributed by atoms with Gasteiger partial charge in [-0.25, -0.2) is 8.78 Å². The SMILES string of the molecule is Nc1ccc(Nc2c(Br)cccc2Br)c(C(F)F)c1. The first kappa shape index (κ1) is 14.3. The van der Waals surface area contributed by atoms with Crippen LogP contribution in [0.25, 0.3) is 0 Å². The Kier molecular flexibility index (Phi) is 4.42. The smallest absolute Gasteiger partial charge is 0.265 e. The summed E-state index contributed by atoms with van der Waals surface area (Å²) in [4.78, 5) is 0. The summed E-state index contributed by atoms with van der Waals surface area (Å²) in [6.45, 7) is 0. The lowest BCUT2D eigenvalue weighted by molar-refractivity contribution is 0.152. The molecule has 0 spiro atoms. The van der Waals surface area contributed by atoms with E-state index >= 15 is 0 Å². The molecule has 0 aliphatic carbocycles. The molecule has 0 amide bonds. The Morgan fingerprint density at radius 3 is 2.26 bits per heavy atom. The van der Waals surface area contributed by atoms with Crippen molar-refractivity contribution in [3.63, 3.8) is 0 Å². The van der Waals surface area contributed by atoms with E-state index in [4.69, 9.17) is 5.73 Å². The zero-order chi connectivity index (χ0) is 14.0. The molecule has 2 nitrogen and oxygen atoms in total. The van der Waals surface area contributed by atoms with Gasteiger partial charge in [-0.05, 0) is 62.2 Å². The molecule has 100 valence electrons. The molecule has 0 unspecified atom stereocenters. The Morgan fingerprint density at radius 1 is 1.05 bits per heavy atom. The van der Waals surface area contributed by atoms with Crippen LogP contribution in [0, 0.1) is 0 Å². The van der Waals surface area contributed by atoms with E-state index < -0.39 is 6.43 Å². The van der Waals surface area contributed by atoms with Crippen LogP contribution in [-0.2, 0) is 0 Å². The Balaban J connectivity index is 2.44. The minimum atomic E-state index is -2.59.